The van der Waals surface area contributed by atoms with Gasteiger partial charge in [-0.2, -0.15) is 0 Å². The normalized spacial score (nSPS) is 15.0. The molecule has 20 heteroatoms. The Labute approximate surface area is 552 Å². The van der Waals surface area contributed by atoms with Crippen LogP contribution in [0.5, 0.6) is 69.0 Å². The Balaban J connectivity index is 0.000000620. The second kappa shape index (κ2) is 46.3. The molecule has 4 aromatic rings. The van der Waals surface area contributed by atoms with Crippen LogP contribution in [0, 0.1) is 0 Å². The summed E-state index contributed by atoms with van der Waals surface area (Å²) >= 11 is 0. The summed E-state index contributed by atoms with van der Waals surface area (Å²) in [6, 6.07) is 14.6. The highest BCUT2D eigenvalue weighted by molar-refractivity contribution is 5.56. The lowest BCUT2D eigenvalue weighted by Crippen LogP contribution is -2.22. The van der Waals surface area contributed by atoms with Crippen molar-refractivity contribution in [3.05, 3.63) is 70.8 Å². The van der Waals surface area contributed by atoms with Crippen molar-refractivity contribution in [3.8, 4) is 69.0 Å². The van der Waals surface area contributed by atoms with E-state index in [0.717, 1.165) is 47.9 Å². The molecule has 0 bridgehead atoms. The molecule has 0 heterocycles. The van der Waals surface area contributed by atoms with Gasteiger partial charge in [-0.25, -0.2) is 0 Å². The van der Waals surface area contributed by atoms with Crippen molar-refractivity contribution < 1.29 is 96.2 Å². The number of hydrogen-bond donors (Lipinski definition) is 4. The first-order valence-corrected chi connectivity index (χ1v) is 33.4. The van der Waals surface area contributed by atoms with E-state index >= 15 is 0 Å². The summed E-state index contributed by atoms with van der Waals surface area (Å²) in [6.45, 7) is 50.9. The van der Waals surface area contributed by atoms with Gasteiger partial charge in [0, 0.05) is 52.9 Å². The number of hydrogen-bond acceptors (Lipinski definition) is 20. The Hall–Kier alpha value is -5.84. The van der Waals surface area contributed by atoms with E-state index in [9.17, 15) is 20.4 Å². The highest BCUT2D eigenvalue weighted by Crippen LogP contribution is 2.45. The molecule has 4 rings (SSSR count). The Morgan fingerprint density at radius 2 is 0.424 bits per heavy atom. The maximum Gasteiger partial charge on any atom is 0.206 e. The summed E-state index contributed by atoms with van der Waals surface area (Å²) < 4.78 is 90.0. The average Bonchev–Trinajstić information content (AvgIpc) is 0.856. The molecule has 0 saturated heterocycles. The standard InChI is InChI=1S/C22H38O6.2C18H30O5.C14H22O4/c1-9-15(5)19-13-20(26-16(6)23-10-2)22(28-18(8)25-12-4)21(14-19)27-17(7)24-11-3;1-7-12(4)15-10-16(22-13(5)20-8-2)18(19)17(11-15)23-14(6)21-9-3;1-7-12(4)15-10-16(19)18(23-14(6)21-9-3)17(11-15)22-13(5)20-8-2;1-5-9(3)11-7-12(15)14(13(16)8-11)18-10(4)17-6-2/h13-18H,9-12H2,1-8H3;2*10-14,19H,7-9H2,1-6H3;7-10,15-16H,5-6H2,1-4H3. The third-order valence-corrected chi connectivity index (χ3v) is 14.5. The zero-order valence-electron chi connectivity index (χ0n) is 60.4. The number of rotatable bonds is 40. The van der Waals surface area contributed by atoms with Crippen molar-refractivity contribution in [2.24, 2.45) is 0 Å². The van der Waals surface area contributed by atoms with Crippen molar-refractivity contribution in [1.29, 1.82) is 0 Å². The van der Waals surface area contributed by atoms with Gasteiger partial charge < -0.3 is 96.2 Å². The zero-order valence-corrected chi connectivity index (χ0v) is 60.4. The van der Waals surface area contributed by atoms with E-state index in [-0.39, 0.29) is 40.4 Å². The number of phenolic OH excluding ortho intramolecular Hbond substituents is 4. The summed E-state index contributed by atoms with van der Waals surface area (Å²) in [4.78, 5) is 0. The monoisotopic (exact) mass is 1300 g/mol. The predicted molar refractivity (Wildman–Crippen MR) is 361 cm³/mol. The Morgan fingerprint density at radius 3 is 0.685 bits per heavy atom. The van der Waals surface area contributed by atoms with E-state index in [1.165, 1.54) is 0 Å². The van der Waals surface area contributed by atoms with Crippen LogP contribution >= 0.6 is 0 Å². The molecule has 0 fully saturated rings. The molecule has 20 nitrogen and oxygen atoms in total. The average molecular weight is 1310 g/mol. The topological polar surface area (TPSA) is 229 Å². The van der Waals surface area contributed by atoms with E-state index in [1.807, 2.05) is 120 Å². The molecule has 0 aliphatic heterocycles. The van der Waals surface area contributed by atoms with Gasteiger partial charge in [0.1, 0.15) is 0 Å². The van der Waals surface area contributed by atoms with Gasteiger partial charge in [-0.1, -0.05) is 55.4 Å². The van der Waals surface area contributed by atoms with Crippen LogP contribution in [0.4, 0.5) is 0 Å². The number of ether oxygens (including phenoxy) is 16. The van der Waals surface area contributed by atoms with Crippen molar-refractivity contribution in [2.75, 3.05) is 52.9 Å². The molecule has 0 aromatic heterocycles. The molecule has 0 aliphatic carbocycles. The van der Waals surface area contributed by atoms with E-state index in [0.29, 0.717) is 105 Å². The molecular formula is C72H120O20. The third-order valence-electron chi connectivity index (χ3n) is 14.5. The highest BCUT2D eigenvalue weighted by Gasteiger charge is 2.25. The van der Waals surface area contributed by atoms with Crippen LogP contribution in [0.15, 0.2) is 48.5 Å². The Morgan fingerprint density at radius 1 is 0.239 bits per heavy atom. The molecule has 12 unspecified atom stereocenters. The lowest BCUT2D eigenvalue weighted by atomic mass is 9.98. The number of aromatic hydroxyl groups is 4. The van der Waals surface area contributed by atoms with Crippen LogP contribution in [-0.4, -0.2) is 124 Å². The first kappa shape index (κ1) is 84.2. The van der Waals surface area contributed by atoms with Gasteiger partial charge in [-0.3, -0.25) is 0 Å². The van der Waals surface area contributed by atoms with Crippen molar-refractivity contribution in [2.45, 2.75) is 266 Å². The van der Waals surface area contributed by atoms with Gasteiger partial charge in [0.05, 0.1) is 0 Å². The molecule has 4 aromatic carbocycles. The number of benzene rings is 4. The molecule has 0 amide bonds. The van der Waals surface area contributed by atoms with Gasteiger partial charge in [-0.15, -0.1) is 0 Å². The SMILES string of the molecule is CCOC(C)Oc1c(O)cc(C(C)CC)cc1O.CCOC(C)Oc1cc(C(C)CC)cc(O)c1OC(C)OCC.CCOC(C)Oc1cc(C(C)CC)cc(OC(C)OCC)c1O.CCOC(C)Oc1cc(C(C)CC)cc(OC(C)OCC)c1OC(C)OCC. The van der Waals surface area contributed by atoms with Crippen LogP contribution in [0.2, 0.25) is 0 Å². The quantitative estimate of drug-likeness (QED) is 0.0303. The summed E-state index contributed by atoms with van der Waals surface area (Å²) in [6.07, 6.45) is 0.270. The first-order chi connectivity index (χ1) is 43.7. The van der Waals surface area contributed by atoms with Crippen LogP contribution < -0.4 is 37.9 Å². The van der Waals surface area contributed by atoms with Crippen molar-refractivity contribution >= 4 is 0 Å². The fourth-order valence-corrected chi connectivity index (χ4v) is 8.85. The fraction of sp³-hybridized carbons (Fsp3) is 0.667. The summed E-state index contributed by atoms with van der Waals surface area (Å²) in [7, 11) is 0. The smallest absolute Gasteiger partial charge is 0.206 e. The molecule has 92 heavy (non-hydrogen) atoms. The molecule has 0 saturated carbocycles. The lowest BCUT2D eigenvalue weighted by molar-refractivity contribution is -0.0849. The molecular weight excluding hydrogens is 1180 g/mol. The van der Waals surface area contributed by atoms with Gasteiger partial charge in [-0.05, 0) is 231 Å². The number of phenols is 4. The minimum absolute atomic E-state index is 0.0323. The van der Waals surface area contributed by atoms with Gasteiger partial charge in [0.2, 0.25) is 23.0 Å². The Bertz CT molecular complexity index is 2510. The third kappa shape index (κ3) is 30.5. The predicted octanol–water partition coefficient (Wildman–Crippen LogP) is 17.7. The minimum atomic E-state index is -0.513. The van der Waals surface area contributed by atoms with Crippen LogP contribution in [-0.2, 0) is 37.9 Å². The Kier molecular flexibility index (Phi) is 42.3. The maximum atomic E-state index is 10.4. The van der Waals surface area contributed by atoms with Crippen molar-refractivity contribution in [1.82, 2.24) is 0 Å². The van der Waals surface area contributed by atoms with E-state index in [4.69, 9.17) is 75.8 Å². The highest BCUT2D eigenvalue weighted by atomic mass is 16.7. The van der Waals surface area contributed by atoms with Gasteiger partial charge in [0.25, 0.3) is 0 Å². The van der Waals surface area contributed by atoms with Crippen LogP contribution in [0.25, 0.3) is 0 Å². The minimum Gasteiger partial charge on any atom is -0.504 e. The zero-order chi connectivity index (χ0) is 69.6. The largest absolute Gasteiger partial charge is 0.504 e. The molecule has 4 N–H and O–H groups in total. The molecule has 0 aliphatic rings. The van der Waals surface area contributed by atoms with Crippen LogP contribution in [0.3, 0.4) is 0 Å². The molecule has 528 valence electrons. The second-order valence-corrected chi connectivity index (χ2v) is 21.8. The van der Waals surface area contributed by atoms with E-state index in [1.54, 1.807) is 45.9 Å². The van der Waals surface area contributed by atoms with E-state index < -0.39 is 50.3 Å². The first-order valence-electron chi connectivity index (χ1n) is 33.4. The molecule has 12 atom stereocenters. The second-order valence-electron chi connectivity index (χ2n) is 21.8. The maximum absolute atomic E-state index is 10.4. The fourth-order valence-electron chi connectivity index (χ4n) is 8.85. The van der Waals surface area contributed by atoms with Crippen molar-refractivity contribution in [3.63, 3.8) is 0 Å². The van der Waals surface area contributed by atoms with Gasteiger partial charge in [0.15, 0.2) is 96.3 Å². The van der Waals surface area contributed by atoms with Crippen LogP contribution in [0.1, 0.15) is 238 Å². The molecule has 0 spiro atoms. The lowest BCUT2D eigenvalue weighted by Gasteiger charge is -2.25. The molecule has 0 radical (unpaired) electrons. The van der Waals surface area contributed by atoms with E-state index in [2.05, 4.69) is 48.5 Å². The summed E-state index contributed by atoms with van der Waals surface area (Å²) in [5.74, 6) is 4.34. The summed E-state index contributed by atoms with van der Waals surface area (Å²) in [5.41, 5.74) is 4.04. The van der Waals surface area contributed by atoms with Gasteiger partial charge >= 0.3 is 0 Å². The summed E-state index contributed by atoms with van der Waals surface area (Å²) in [5, 5.41) is 40.6.